The smallest absolute Gasteiger partial charge is 0.304 e. The van der Waals surface area contributed by atoms with Crippen LogP contribution in [-0.4, -0.2) is 14.5 Å². The summed E-state index contributed by atoms with van der Waals surface area (Å²) in [5.74, 6) is -0.00635. The Bertz CT molecular complexity index is 817. The molecule has 0 atom stereocenters. The molecule has 3 rings (SSSR count). The first-order valence-electron chi connectivity index (χ1n) is 5.63. The van der Waals surface area contributed by atoms with Crippen molar-refractivity contribution < 1.29 is 4.39 Å². The Morgan fingerprint density at radius 3 is 3.00 bits per heavy atom. The Labute approximate surface area is 111 Å². The highest BCUT2D eigenvalue weighted by Crippen LogP contribution is 2.22. The second-order valence-corrected chi connectivity index (χ2v) is 5.16. The van der Waals surface area contributed by atoms with Crippen LogP contribution in [-0.2, 0) is 6.54 Å². The molecule has 0 fully saturated rings. The number of aromatic nitrogens is 3. The number of hydrogen-bond donors (Lipinski definition) is 2. The van der Waals surface area contributed by atoms with Gasteiger partial charge in [-0.3, -0.25) is 4.79 Å². The molecule has 2 aromatic heterocycles. The number of aryl methyl sites for hydroxylation is 1. The lowest BCUT2D eigenvalue weighted by Gasteiger charge is -2.05. The maximum Gasteiger partial charge on any atom is 0.304 e. The maximum atomic E-state index is 13.5. The topological polar surface area (TPSA) is 76.7 Å². The summed E-state index contributed by atoms with van der Waals surface area (Å²) in [6.45, 7) is 2.10. The lowest BCUT2D eigenvalue weighted by atomic mass is 10.2. The van der Waals surface area contributed by atoms with Gasteiger partial charge in [0.15, 0.2) is 0 Å². The number of rotatable bonds is 2. The van der Waals surface area contributed by atoms with Crippen molar-refractivity contribution in [1.29, 1.82) is 0 Å². The molecule has 0 amide bonds. The van der Waals surface area contributed by atoms with E-state index in [0.29, 0.717) is 23.6 Å². The Hall–Kier alpha value is -2.15. The van der Waals surface area contributed by atoms with Crippen molar-refractivity contribution in [3.63, 3.8) is 0 Å². The minimum Gasteiger partial charge on any atom is -0.369 e. The van der Waals surface area contributed by atoms with Crippen LogP contribution in [0.2, 0.25) is 0 Å². The SMILES string of the molecule is Cc1cc2c(cc1F)nc(N)n2Cc1csc(=O)[nH]1. The summed E-state index contributed by atoms with van der Waals surface area (Å²) < 4.78 is 15.2. The first kappa shape index (κ1) is 11.9. The van der Waals surface area contributed by atoms with Crippen molar-refractivity contribution in [3.8, 4) is 0 Å². The molecule has 0 aliphatic heterocycles. The number of nitrogens with zero attached hydrogens (tertiary/aromatic N) is 2. The first-order valence-corrected chi connectivity index (χ1v) is 6.51. The van der Waals surface area contributed by atoms with Gasteiger partial charge in [0.05, 0.1) is 17.6 Å². The van der Waals surface area contributed by atoms with Crippen LogP contribution in [0.1, 0.15) is 11.3 Å². The van der Waals surface area contributed by atoms with Gasteiger partial charge in [-0.25, -0.2) is 9.37 Å². The second-order valence-electron chi connectivity index (χ2n) is 4.32. The number of hydrogen-bond acceptors (Lipinski definition) is 4. The number of aromatic amines is 1. The molecule has 7 heteroatoms. The van der Waals surface area contributed by atoms with Gasteiger partial charge in [-0.05, 0) is 18.6 Å². The number of anilines is 1. The van der Waals surface area contributed by atoms with E-state index in [1.807, 2.05) is 0 Å². The zero-order valence-corrected chi connectivity index (χ0v) is 10.9. The Balaban J connectivity index is 2.14. The zero-order chi connectivity index (χ0) is 13.6. The average Bonchev–Trinajstić information content (AvgIpc) is 2.87. The lowest BCUT2D eigenvalue weighted by Crippen LogP contribution is -2.06. The van der Waals surface area contributed by atoms with Gasteiger partial charge in [0.25, 0.3) is 0 Å². The quantitative estimate of drug-likeness (QED) is 0.751. The number of nitrogens with one attached hydrogen (secondary N) is 1. The minimum absolute atomic E-state index is 0.111. The molecule has 19 heavy (non-hydrogen) atoms. The van der Waals surface area contributed by atoms with Crippen molar-refractivity contribution in [2.75, 3.05) is 5.73 Å². The second kappa shape index (κ2) is 4.20. The fraction of sp³-hybridized carbons (Fsp3) is 0.167. The van der Waals surface area contributed by atoms with Gasteiger partial charge in [0, 0.05) is 17.1 Å². The van der Waals surface area contributed by atoms with Crippen molar-refractivity contribution in [2.24, 2.45) is 0 Å². The molecule has 0 aliphatic carbocycles. The van der Waals surface area contributed by atoms with E-state index >= 15 is 0 Å². The van der Waals surface area contributed by atoms with Crippen LogP contribution >= 0.6 is 11.3 Å². The number of halogens is 1. The molecule has 5 nitrogen and oxygen atoms in total. The third-order valence-electron chi connectivity index (χ3n) is 2.96. The molecule has 0 radical (unpaired) electrons. The van der Waals surface area contributed by atoms with Crippen LogP contribution in [0, 0.1) is 12.7 Å². The standard InChI is InChI=1S/C12H11FN4OS/c1-6-2-10-9(3-8(6)13)16-11(14)17(10)4-7-5-19-12(18)15-7/h2-3,5H,4H2,1H3,(H2,14,16)(H,15,18). The fourth-order valence-corrected chi connectivity index (χ4v) is 2.57. The van der Waals surface area contributed by atoms with E-state index in [2.05, 4.69) is 9.97 Å². The van der Waals surface area contributed by atoms with Gasteiger partial charge in [-0.15, -0.1) is 0 Å². The van der Waals surface area contributed by atoms with Crippen LogP contribution in [0.5, 0.6) is 0 Å². The fourth-order valence-electron chi connectivity index (χ4n) is 2.00. The third-order valence-corrected chi connectivity index (χ3v) is 3.68. The zero-order valence-electron chi connectivity index (χ0n) is 10.1. The largest absolute Gasteiger partial charge is 0.369 e. The van der Waals surface area contributed by atoms with Gasteiger partial charge in [-0.2, -0.15) is 0 Å². The van der Waals surface area contributed by atoms with Gasteiger partial charge < -0.3 is 15.3 Å². The normalized spacial score (nSPS) is 11.3. The molecule has 0 saturated heterocycles. The van der Waals surface area contributed by atoms with Crippen LogP contribution in [0.4, 0.5) is 10.3 Å². The molecule has 98 valence electrons. The highest BCUT2D eigenvalue weighted by molar-refractivity contribution is 7.07. The number of nitrogen functional groups attached to an aromatic ring is 1. The highest BCUT2D eigenvalue weighted by Gasteiger charge is 2.12. The summed E-state index contributed by atoms with van der Waals surface area (Å²) in [6.07, 6.45) is 0. The van der Waals surface area contributed by atoms with E-state index in [9.17, 15) is 9.18 Å². The number of nitrogens with two attached hydrogens (primary N) is 1. The van der Waals surface area contributed by atoms with Crippen molar-refractivity contribution in [2.45, 2.75) is 13.5 Å². The third kappa shape index (κ3) is 2.01. The molecule has 1 aromatic carbocycles. The molecule has 0 aliphatic rings. The average molecular weight is 278 g/mol. The van der Waals surface area contributed by atoms with E-state index in [0.717, 1.165) is 22.5 Å². The van der Waals surface area contributed by atoms with E-state index in [-0.39, 0.29) is 10.7 Å². The molecule has 0 spiro atoms. The van der Waals surface area contributed by atoms with Crippen LogP contribution in [0.25, 0.3) is 11.0 Å². The Kier molecular flexibility index (Phi) is 2.63. The molecular formula is C12H11FN4OS. The summed E-state index contributed by atoms with van der Waals surface area (Å²) >= 11 is 1.10. The van der Waals surface area contributed by atoms with Crippen molar-refractivity contribution in [1.82, 2.24) is 14.5 Å². The van der Waals surface area contributed by atoms with Crippen LogP contribution < -0.4 is 10.6 Å². The minimum atomic E-state index is -0.305. The maximum absolute atomic E-state index is 13.5. The Morgan fingerprint density at radius 2 is 2.32 bits per heavy atom. The van der Waals surface area contributed by atoms with Crippen LogP contribution in [0.15, 0.2) is 22.3 Å². The van der Waals surface area contributed by atoms with Gasteiger partial charge >= 0.3 is 4.87 Å². The molecular weight excluding hydrogens is 267 g/mol. The van der Waals surface area contributed by atoms with Gasteiger partial charge in [0.2, 0.25) is 5.95 Å². The molecule has 3 N–H and O–H groups in total. The van der Waals surface area contributed by atoms with Crippen molar-refractivity contribution in [3.05, 3.63) is 44.3 Å². The molecule has 0 bridgehead atoms. The van der Waals surface area contributed by atoms with Crippen molar-refractivity contribution >= 4 is 28.3 Å². The van der Waals surface area contributed by atoms with Gasteiger partial charge in [0.1, 0.15) is 5.82 Å². The lowest BCUT2D eigenvalue weighted by molar-refractivity contribution is 0.620. The highest BCUT2D eigenvalue weighted by atomic mass is 32.1. The van der Waals surface area contributed by atoms with Crippen LogP contribution in [0.3, 0.4) is 0 Å². The van der Waals surface area contributed by atoms with E-state index < -0.39 is 0 Å². The number of thiazole rings is 1. The summed E-state index contributed by atoms with van der Waals surface area (Å²) in [5.41, 5.74) is 8.40. The predicted molar refractivity (Wildman–Crippen MR) is 72.9 cm³/mol. The first-order chi connectivity index (χ1) is 9.04. The Morgan fingerprint density at radius 1 is 1.53 bits per heavy atom. The van der Waals surface area contributed by atoms with Gasteiger partial charge in [-0.1, -0.05) is 11.3 Å². The van der Waals surface area contributed by atoms with E-state index in [1.165, 1.54) is 6.07 Å². The number of imidazole rings is 1. The molecule has 3 aromatic rings. The summed E-state index contributed by atoms with van der Waals surface area (Å²) in [6, 6.07) is 3.08. The summed E-state index contributed by atoms with van der Waals surface area (Å²) in [5, 5.41) is 1.74. The molecule has 0 unspecified atom stereocenters. The summed E-state index contributed by atoms with van der Waals surface area (Å²) in [4.78, 5) is 17.9. The summed E-state index contributed by atoms with van der Waals surface area (Å²) in [7, 11) is 0. The van der Waals surface area contributed by atoms with E-state index in [4.69, 9.17) is 5.73 Å². The monoisotopic (exact) mass is 278 g/mol. The molecule has 2 heterocycles. The number of benzene rings is 1. The van der Waals surface area contributed by atoms with E-state index in [1.54, 1.807) is 22.9 Å². The molecule has 0 saturated carbocycles. The number of H-pyrrole nitrogens is 1. The number of fused-ring (bicyclic) bond motifs is 1. The predicted octanol–water partition coefficient (Wildman–Crippen LogP) is 1.86.